The van der Waals surface area contributed by atoms with Crippen molar-refractivity contribution in [2.24, 2.45) is 11.8 Å². The summed E-state index contributed by atoms with van der Waals surface area (Å²) in [6.07, 6.45) is 18.6. The lowest BCUT2D eigenvalue weighted by Crippen LogP contribution is -2.38. The highest BCUT2D eigenvalue weighted by Crippen LogP contribution is 2.46. The molecule has 1 aromatic carbocycles. The van der Waals surface area contributed by atoms with E-state index in [1.54, 1.807) is 11.6 Å². The Morgan fingerprint density at radius 2 is 1.69 bits per heavy atom. The summed E-state index contributed by atoms with van der Waals surface area (Å²) in [5, 5.41) is 8.66. The molecule has 0 bridgehead atoms. The van der Waals surface area contributed by atoms with Crippen LogP contribution in [-0.4, -0.2) is 12.7 Å². The van der Waals surface area contributed by atoms with E-state index in [2.05, 4.69) is 37.3 Å². The molecule has 0 N–H and O–H groups in total. The molecule has 0 aromatic heterocycles. The summed E-state index contributed by atoms with van der Waals surface area (Å²) in [4.78, 5) is 0. The smallest absolute Gasteiger partial charge is 0.0908 e. The topological polar surface area (TPSA) is 33.0 Å². The molecule has 158 valence electrons. The summed E-state index contributed by atoms with van der Waals surface area (Å²) in [6, 6.07) is 11.6. The highest BCUT2D eigenvalue weighted by molar-refractivity contribution is 5.26. The minimum atomic E-state index is 0.0493. The summed E-state index contributed by atoms with van der Waals surface area (Å²) in [5.74, 6) is 2.58. The van der Waals surface area contributed by atoms with Crippen molar-refractivity contribution >= 4 is 0 Å². The van der Waals surface area contributed by atoms with Crippen LogP contribution >= 0.6 is 0 Å². The van der Waals surface area contributed by atoms with E-state index in [9.17, 15) is 0 Å². The molecular formula is C27H39NO. The van der Waals surface area contributed by atoms with E-state index in [1.807, 2.05) is 13.2 Å². The van der Waals surface area contributed by atoms with Crippen molar-refractivity contribution in [3.05, 3.63) is 47.5 Å². The molecule has 3 rings (SSSR count). The normalized spacial score (nSPS) is 30.3. The molecule has 2 saturated carbocycles. The Hall–Kier alpha value is -1.59. The number of ether oxygens (including phenoxy) is 1. The van der Waals surface area contributed by atoms with Crippen molar-refractivity contribution in [2.45, 2.75) is 95.5 Å². The fraction of sp³-hybridized carbons (Fsp3) is 0.667. The molecule has 2 nitrogen and oxygen atoms in total. The van der Waals surface area contributed by atoms with Crippen molar-refractivity contribution in [1.82, 2.24) is 0 Å². The van der Waals surface area contributed by atoms with Crippen molar-refractivity contribution in [3.63, 3.8) is 0 Å². The van der Waals surface area contributed by atoms with Crippen molar-refractivity contribution in [1.29, 1.82) is 5.26 Å². The lowest BCUT2D eigenvalue weighted by Gasteiger charge is -2.43. The highest BCUT2D eigenvalue weighted by atomic mass is 16.5. The van der Waals surface area contributed by atoms with Gasteiger partial charge in [-0.1, -0.05) is 43.7 Å². The number of rotatable bonds is 8. The molecular weight excluding hydrogens is 354 g/mol. The third-order valence-corrected chi connectivity index (χ3v) is 7.76. The second kappa shape index (κ2) is 11.0. The summed E-state index contributed by atoms with van der Waals surface area (Å²) in [6.45, 7) is 2.25. The lowest BCUT2D eigenvalue weighted by atomic mass is 9.66. The highest BCUT2D eigenvalue weighted by Gasteiger charge is 2.38. The molecule has 0 aliphatic heterocycles. The van der Waals surface area contributed by atoms with Crippen LogP contribution in [0.2, 0.25) is 0 Å². The van der Waals surface area contributed by atoms with Gasteiger partial charge in [0.05, 0.1) is 11.7 Å². The molecule has 0 heterocycles. The van der Waals surface area contributed by atoms with Gasteiger partial charge in [-0.2, -0.15) is 5.26 Å². The van der Waals surface area contributed by atoms with Crippen LogP contribution in [0.3, 0.4) is 0 Å². The number of nitrogens with zero attached hydrogens (tertiary/aromatic N) is 1. The van der Waals surface area contributed by atoms with E-state index in [1.165, 1.54) is 69.8 Å². The van der Waals surface area contributed by atoms with Crippen LogP contribution in [0.1, 0.15) is 94.6 Å². The molecule has 0 radical (unpaired) electrons. The van der Waals surface area contributed by atoms with Gasteiger partial charge in [0, 0.05) is 13.2 Å². The molecule has 2 aliphatic rings. The number of benzene rings is 1. The second-order valence-electron chi connectivity index (χ2n) is 9.40. The zero-order valence-electron chi connectivity index (χ0n) is 18.5. The maximum Gasteiger partial charge on any atom is 0.0908 e. The Kier molecular flexibility index (Phi) is 8.37. The molecule has 2 fully saturated rings. The average Bonchev–Trinajstić information content (AvgIpc) is 2.78. The maximum absolute atomic E-state index is 8.66. The van der Waals surface area contributed by atoms with Gasteiger partial charge in [0.25, 0.3) is 0 Å². The van der Waals surface area contributed by atoms with E-state index in [0.29, 0.717) is 0 Å². The summed E-state index contributed by atoms with van der Waals surface area (Å²) >= 11 is 0. The predicted molar refractivity (Wildman–Crippen MR) is 121 cm³/mol. The number of hydrogen-bond donors (Lipinski definition) is 0. The van der Waals surface area contributed by atoms with Crippen LogP contribution in [0.5, 0.6) is 0 Å². The first-order chi connectivity index (χ1) is 14.2. The Labute approximate surface area is 178 Å². The quantitative estimate of drug-likeness (QED) is 0.433. The second-order valence-corrected chi connectivity index (χ2v) is 9.40. The van der Waals surface area contributed by atoms with Crippen molar-refractivity contribution in [2.75, 3.05) is 7.11 Å². The lowest BCUT2D eigenvalue weighted by molar-refractivity contribution is -0.0614. The number of hydrogen-bond acceptors (Lipinski definition) is 2. The first kappa shape index (κ1) is 22.1. The van der Waals surface area contributed by atoms with E-state index in [0.717, 1.165) is 30.6 Å². The Morgan fingerprint density at radius 3 is 2.28 bits per heavy atom. The zero-order valence-corrected chi connectivity index (χ0v) is 18.5. The van der Waals surface area contributed by atoms with Gasteiger partial charge in [0.1, 0.15) is 0 Å². The van der Waals surface area contributed by atoms with Gasteiger partial charge in [0.2, 0.25) is 0 Å². The van der Waals surface area contributed by atoms with Crippen LogP contribution < -0.4 is 0 Å². The SMILES string of the molecule is CCCc1ccc(C2CCC(C3CCC(CCC=CC#N)(OC)CC3)CC2)cc1. The van der Waals surface area contributed by atoms with Gasteiger partial charge in [0.15, 0.2) is 0 Å². The molecule has 0 unspecified atom stereocenters. The van der Waals surface area contributed by atoms with Crippen LogP contribution in [0.4, 0.5) is 0 Å². The van der Waals surface area contributed by atoms with Gasteiger partial charge >= 0.3 is 0 Å². The van der Waals surface area contributed by atoms with Crippen LogP contribution in [-0.2, 0) is 11.2 Å². The average molecular weight is 394 g/mol. The standard InChI is InChI=1S/C27H39NO/c1-3-7-22-8-10-23(11-9-22)24-12-14-25(15-13-24)26-16-19-27(29-2,20-17-26)18-5-4-6-21-28/h4,6,8-11,24-26H,3,5,7,12-20H2,1-2H3. The molecule has 29 heavy (non-hydrogen) atoms. The van der Waals surface area contributed by atoms with E-state index in [4.69, 9.17) is 10.00 Å². The fourth-order valence-corrected chi connectivity index (χ4v) is 5.85. The molecule has 2 aliphatic carbocycles. The third kappa shape index (κ3) is 5.95. The number of nitriles is 1. The first-order valence-electron chi connectivity index (χ1n) is 11.9. The van der Waals surface area contributed by atoms with Crippen LogP contribution in [0.25, 0.3) is 0 Å². The van der Waals surface area contributed by atoms with Crippen LogP contribution in [0.15, 0.2) is 36.4 Å². The fourth-order valence-electron chi connectivity index (χ4n) is 5.85. The Balaban J connectivity index is 1.45. The van der Waals surface area contributed by atoms with E-state index >= 15 is 0 Å². The zero-order chi connectivity index (χ0) is 20.5. The Bertz CT molecular complexity index is 667. The first-order valence-corrected chi connectivity index (χ1v) is 11.9. The van der Waals surface area contributed by atoms with Gasteiger partial charge < -0.3 is 4.74 Å². The molecule has 0 atom stereocenters. The monoisotopic (exact) mass is 393 g/mol. The van der Waals surface area contributed by atoms with Crippen LogP contribution in [0, 0.1) is 23.2 Å². The summed E-state index contributed by atoms with van der Waals surface area (Å²) in [5.41, 5.74) is 3.10. The van der Waals surface area contributed by atoms with Gasteiger partial charge in [-0.05, 0) is 99.5 Å². The molecule has 0 spiro atoms. The molecule has 1 aromatic rings. The molecule has 0 amide bonds. The minimum absolute atomic E-state index is 0.0493. The van der Waals surface area contributed by atoms with Gasteiger partial charge in [-0.3, -0.25) is 0 Å². The van der Waals surface area contributed by atoms with Crippen molar-refractivity contribution < 1.29 is 4.74 Å². The largest absolute Gasteiger partial charge is 0.378 e. The predicted octanol–water partition coefficient (Wildman–Crippen LogP) is 7.35. The maximum atomic E-state index is 8.66. The van der Waals surface area contributed by atoms with E-state index < -0.39 is 0 Å². The van der Waals surface area contributed by atoms with Gasteiger partial charge in [-0.15, -0.1) is 0 Å². The Morgan fingerprint density at radius 1 is 1.03 bits per heavy atom. The number of methoxy groups -OCH3 is 1. The molecule has 2 heteroatoms. The van der Waals surface area contributed by atoms with Gasteiger partial charge in [-0.25, -0.2) is 0 Å². The number of allylic oxidation sites excluding steroid dienone is 2. The number of aryl methyl sites for hydroxylation is 1. The summed E-state index contributed by atoms with van der Waals surface area (Å²) in [7, 11) is 1.88. The molecule has 0 saturated heterocycles. The minimum Gasteiger partial charge on any atom is -0.378 e. The van der Waals surface area contributed by atoms with E-state index in [-0.39, 0.29) is 5.60 Å². The third-order valence-electron chi connectivity index (χ3n) is 7.76. The summed E-state index contributed by atoms with van der Waals surface area (Å²) < 4.78 is 5.98. The van der Waals surface area contributed by atoms with Crippen molar-refractivity contribution in [3.8, 4) is 6.07 Å².